The van der Waals surface area contributed by atoms with Crippen LogP contribution in [0.1, 0.15) is 35.2 Å². The van der Waals surface area contributed by atoms with Crippen molar-refractivity contribution in [3.63, 3.8) is 0 Å². The predicted molar refractivity (Wildman–Crippen MR) is 112 cm³/mol. The molecular formula is C23H27N3O3. The Hall–Kier alpha value is -2.86. The SMILES string of the molecule is O=C(NCC1CCCO1)c1ccc(N2CCCN(Cc3ccccc3)C2=O)cc1. The number of rotatable bonds is 6. The first-order valence-corrected chi connectivity index (χ1v) is 10.3. The first kappa shape index (κ1) is 19.5. The van der Waals surface area contributed by atoms with Crippen LogP contribution in [0.4, 0.5) is 10.5 Å². The number of carbonyl (C=O) groups excluding carboxylic acids is 2. The van der Waals surface area contributed by atoms with Gasteiger partial charge in [-0.3, -0.25) is 9.69 Å². The van der Waals surface area contributed by atoms with E-state index in [0.29, 0.717) is 25.2 Å². The molecule has 2 aromatic rings. The Kier molecular flexibility index (Phi) is 6.10. The summed E-state index contributed by atoms with van der Waals surface area (Å²) in [5.41, 5.74) is 2.54. The monoisotopic (exact) mass is 393 g/mol. The number of ether oxygens (including phenoxy) is 1. The largest absolute Gasteiger partial charge is 0.376 e. The van der Waals surface area contributed by atoms with Gasteiger partial charge in [0.25, 0.3) is 5.91 Å². The number of amides is 3. The number of anilines is 1. The minimum atomic E-state index is -0.109. The highest BCUT2D eigenvalue weighted by atomic mass is 16.5. The second-order valence-corrected chi connectivity index (χ2v) is 7.59. The highest BCUT2D eigenvalue weighted by Crippen LogP contribution is 2.22. The summed E-state index contributed by atoms with van der Waals surface area (Å²) >= 11 is 0. The van der Waals surface area contributed by atoms with Crippen LogP contribution in [-0.4, -0.2) is 49.2 Å². The van der Waals surface area contributed by atoms with E-state index in [9.17, 15) is 9.59 Å². The zero-order chi connectivity index (χ0) is 20.1. The Balaban J connectivity index is 1.37. The highest BCUT2D eigenvalue weighted by molar-refractivity contribution is 5.96. The molecule has 1 N–H and O–H groups in total. The number of hydrogen-bond donors (Lipinski definition) is 1. The van der Waals surface area contributed by atoms with Crippen LogP contribution in [0.3, 0.4) is 0 Å². The number of nitrogens with zero attached hydrogens (tertiary/aromatic N) is 2. The smallest absolute Gasteiger partial charge is 0.324 e. The summed E-state index contributed by atoms with van der Waals surface area (Å²) in [6.07, 6.45) is 3.10. The lowest BCUT2D eigenvalue weighted by molar-refractivity contribution is 0.0858. The lowest BCUT2D eigenvalue weighted by Gasteiger charge is -2.35. The Morgan fingerprint density at radius 3 is 2.55 bits per heavy atom. The molecule has 2 aliphatic heterocycles. The van der Waals surface area contributed by atoms with Gasteiger partial charge in [0, 0.05) is 44.0 Å². The maximum Gasteiger partial charge on any atom is 0.324 e. The fourth-order valence-electron chi connectivity index (χ4n) is 3.88. The maximum atomic E-state index is 13.0. The Morgan fingerprint density at radius 1 is 1.03 bits per heavy atom. The van der Waals surface area contributed by atoms with Crippen molar-refractivity contribution in [2.45, 2.75) is 31.9 Å². The molecular weight excluding hydrogens is 366 g/mol. The zero-order valence-electron chi connectivity index (χ0n) is 16.5. The molecule has 6 nitrogen and oxygen atoms in total. The summed E-state index contributed by atoms with van der Waals surface area (Å²) < 4.78 is 5.54. The summed E-state index contributed by atoms with van der Waals surface area (Å²) in [5, 5.41) is 2.93. The number of carbonyl (C=O) groups is 2. The topological polar surface area (TPSA) is 61.9 Å². The van der Waals surface area contributed by atoms with Crippen LogP contribution in [0.2, 0.25) is 0 Å². The Bertz CT molecular complexity index is 832. The van der Waals surface area contributed by atoms with Gasteiger partial charge >= 0.3 is 6.03 Å². The van der Waals surface area contributed by atoms with Gasteiger partial charge in [-0.2, -0.15) is 0 Å². The van der Waals surface area contributed by atoms with Crippen LogP contribution in [-0.2, 0) is 11.3 Å². The van der Waals surface area contributed by atoms with Gasteiger partial charge in [-0.25, -0.2) is 4.79 Å². The Labute approximate surface area is 171 Å². The molecule has 0 aliphatic carbocycles. The molecule has 1 atom stereocenters. The van der Waals surface area contributed by atoms with Crippen LogP contribution < -0.4 is 10.2 Å². The molecule has 2 aromatic carbocycles. The van der Waals surface area contributed by atoms with Crippen LogP contribution in [0, 0.1) is 0 Å². The van der Waals surface area contributed by atoms with E-state index in [-0.39, 0.29) is 18.0 Å². The molecule has 0 saturated carbocycles. The average molecular weight is 393 g/mol. The van der Waals surface area contributed by atoms with Gasteiger partial charge in [0.1, 0.15) is 0 Å². The van der Waals surface area contributed by atoms with Crippen LogP contribution in [0.25, 0.3) is 0 Å². The van der Waals surface area contributed by atoms with Crippen molar-refractivity contribution in [1.82, 2.24) is 10.2 Å². The maximum absolute atomic E-state index is 13.0. The van der Waals surface area contributed by atoms with Crippen molar-refractivity contribution >= 4 is 17.6 Å². The van der Waals surface area contributed by atoms with E-state index in [2.05, 4.69) is 5.32 Å². The molecule has 2 heterocycles. The molecule has 3 amide bonds. The fraction of sp³-hybridized carbons (Fsp3) is 0.391. The van der Waals surface area contributed by atoms with E-state index in [1.807, 2.05) is 47.4 Å². The van der Waals surface area contributed by atoms with Gasteiger partial charge in [-0.15, -0.1) is 0 Å². The van der Waals surface area contributed by atoms with Crippen molar-refractivity contribution in [2.24, 2.45) is 0 Å². The zero-order valence-corrected chi connectivity index (χ0v) is 16.5. The number of hydrogen-bond acceptors (Lipinski definition) is 3. The average Bonchev–Trinajstić information content (AvgIpc) is 3.28. The van der Waals surface area contributed by atoms with Crippen molar-refractivity contribution in [1.29, 1.82) is 0 Å². The van der Waals surface area contributed by atoms with Gasteiger partial charge in [0.05, 0.1) is 6.10 Å². The lowest BCUT2D eigenvalue weighted by Crippen LogP contribution is -2.49. The van der Waals surface area contributed by atoms with E-state index >= 15 is 0 Å². The number of nitrogens with one attached hydrogen (secondary N) is 1. The molecule has 29 heavy (non-hydrogen) atoms. The van der Waals surface area contributed by atoms with E-state index in [1.165, 1.54) is 0 Å². The quantitative estimate of drug-likeness (QED) is 0.818. The van der Waals surface area contributed by atoms with Crippen LogP contribution in [0.15, 0.2) is 54.6 Å². The van der Waals surface area contributed by atoms with Gasteiger partial charge in [0.15, 0.2) is 0 Å². The molecule has 0 radical (unpaired) electrons. The van der Waals surface area contributed by atoms with Gasteiger partial charge in [-0.05, 0) is 49.1 Å². The normalized spacial score (nSPS) is 19.4. The molecule has 0 aromatic heterocycles. The van der Waals surface area contributed by atoms with Crippen LogP contribution >= 0.6 is 0 Å². The molecule has 4 rings (SSSR count). The van der Waals surface area contributed by atoms with E-state index in [1.54, 1.807) is 17.0 Å². The second-order valence-electron chi connectivity index (χ2n) is 7.59. The summed E-state index contributed by atoms with van der Waals surface area (Å²) in [6.45, 7) is 3.38. The van der Waals surface area contributed by atoms with Gasteiger partial charge < -0.3 is 15.0 Å². The van der Waals surface area contributed by atoms with Crippen molar-refractivity contribution < 1.29 is 14.3 Å². The third-order valence-electron chi connectivity index (χ3n) is 5.48. The molecule has 1 unspecified atom stereocenters. The van der Waals surface area contributed by atoms with Crippen molar-refractivity contribution in [3.05, 3.63) is 65.7 Å². The minimum absolute atomic E-state index is 0.00990. The molecule has 2 aliphatic rings. The van der Waals surface area contributed by atoms with E-state index < -0.39 is 0 Å². The molecule has 2 fully saturated rings. The summed E-state index contributed by atoms with van der Waals surface area (Å²) in [5.74, 6) is -0.109. The third kappa shape index (κ3) is 4.77. The van der Waals surface area contributed by atoms with Gasteiger partial charge in [-0.1, -0.05) is 30.3 Å². The van der Waals surface area contributed by atoms with Crippen molar-refractivity contribution in [2.75, 3.05) is 31.1 Å². The molecule has 0 spiro atoms. The summed E-state index contributed by atoms with van der Waals surface area (Å²) in [6, 6.07) is 17.3. The number of urea groups is 1. The summed E-state index contributed by atoms with van der Waals surface area (Å²) in [7, 11) is 0. The molecule has 6 heteroatoms. The predicted octanol–water partition coefficient (Wildman–Crippen LogP) is 3.43. The molecule has 2 saturated heterocycles. The van der Waals surface area contributed by atoms with E-state index in [4.69, 9.17) is 4.74 Å². The molecule has 152 valence electrons. The Morgan fingerprint density at radius 2 is 1.83 bits per heavy atom. The fourth-order valence-corrected chi connectivity index (χ4v) is 3.88. The highest BCUT2D eigenvalue weighted by Gasteiger charge is 2.27. The minimum Gasteiger partial charge on any atom is -0.376 e. The van der Waals surface area contributed by atoms with Gasteiger partial charge in [0.2, 0.25) is 0 Å². The molecule has 0 bridgehead atoms. The lowest BCUT2D eigenvalue weighted by atomic mass is 10.1. The second kappa shape index (κ2) is 9.09. The first-order valence-electron chi connectivity index (χ1n) is 10.3. The van der Waals surface area contributed by atoms with Crippen LogP contribution in [0.5, 0.6) is 0 Å². The number of benzene rings is 2. The standard InChI is InChI=1S/C23H27N3O3/c27-22(24-16-21-8-4-15-29-21)19-9-11-20(12-10-19)26-14-5-13-25(23(26)28)17-18-6-2-1-3-7-18/h1-3,6-7,9-12,21H,4-5,8,13-17H2,(H,24,27). The third-order valence-corrected chi connectivity index (χ3v) is 5.48. The van der Waals surface area contributed by atoms with Crippen molar-refractivity contribution in [3.8, 4) is 0 Å². The summed E-state index contributed by atoms with van der Waals surface area (Å²) in [4.78, 5) is 29.0. The first-order chi connectivity index (χ1) is 14.2. The van der Waals surface area contributed by atoms with E-state index in [0.717, 1.165) is 43.7 Å².